The van der Waals surface area contributed by atoms with Crippen LogP contribution in [0.15, 0.2) is 0 Å². The van der Waals surface area contributed by atoms with E-state index in [2.05, 4.69) is 10.4 Å². The number of aliphatic carboxylic acids is 1. The molecule has 6 heteroatoms. The Morgan fingerprint density at radius 2 is 2.00 bits per heavy atom. The number of rotatable bonds is 5. The fraction of sp³-hybridized carbons (Fsp3) is 0.643. The average molecular weight is 279 g/mol. The van der Waals surface area contributed by atoms with E-state index in [1.807, 2.05) is 20.9 Å². The van der Waals surface area contributed by atoms with Crippen LogP contribution < -0.4 is 5.32 Å². The predicted octanol–water partition coefficient (Wildman–Crippen LogP) is 1.12. The maximum absolute atomic E-state index is 12.3. The average Bonchev–Trinajstić information content (AvgIpc) is 3.15. The lowest BCUT2D eigenvalue weighted by atomic mass is 9.97. The fourth-order valence-corrected chi connectivity index (χ4v) is 2.64. The molecule has 0 spiro atoms. The minimum atomic E-state index is -0.951. The first kappa shape index (κ1) is 14.6. The minimum Gasteiger partial charge on any atom is -0.480 e. The Balaban J connectivity index is 2.14. The summed E-state index contributed by atoms with van der Waals surface area (Å²) in [6.45, 7) is 5.56. The Hall–Kier alpha value is -1.85. The second-order valence-corrected chi connectivity index (χ2v) is 5.59. The van der Waals surface area contributed by atoms with Crippen molar-refractivity contribution in [2.75, 3.05) is 0 Å². The number of carboxylic acid groups (broad SMARTS) is 1. The number of carboxylic acids is 1. The van der Waals surface area contributed by atoms with Gasteiger partial charge in [0.2, 0.25) is 5.91 Å². The molecule has 1 amide bonds. The van der Waals surface area contributed by atoms with Crippen LogP contribution in [-0.2, 0) is 16.6 Å². The molecule has 1 heterocycles. The third-order valence-corrected chi connectivity index (χ3v) is 4.05. The van der Waals surface area contributed by atoms with E-state index in [9.17, 15) is 9.59 Å². The lowest BCUT2D eigenvalue weighted by Gasteiger charge is -2.18. The van der Waals surface area contributed by atoms with Crippen LogP contribution in [0.2, 0.25) is 0 Å². The van der Waals surface area contributed by atoms with Crippen LogP contribution in [0.1, 0.15) is 42.6 Å². The number of carbonyl (C=O) groups is 2. The summed E-state index contributed by atoms with van der Waals surface area (Å²) < 4.78 is 1.74. The zero-order valence-corrected chi connectivity index (χ0v) is 12.3. The highest BCUT2D eigenvalue weighted by Crippen LogP contribution is 2.33. The lowest BCUT2D eigenvalue weighted by molar-refractivity contribution is -0.142. The van der Waals surface area contributed by atoms with Crippen molar-refractivity contribution in [3.8, 4) is 0 Å². The highest BCUT2D eigenvalue weighted by atomic mass is 16.4. The van der Waals surface area contributed by atoms with Crippen LogP contribution in [0.3, 0.4) is 0 Å². The summed E-state index contributed by atoms with van der Waals surface area (Å²) in [5.74, 6) is -1.51. The molecule has 1 aromatic heterocycles. The number of aryl methyl sites for hydroxylation is 2. The van der Waals surface area contributed by atoms with Gasteiger partial charge >= 0.3 is 5.97 Å². The van der Waals surface area contributed by atoms with Gasteiger partial charge in [-0.1, -0.05) is 0 Å². The summed E-state index contributed by atoms with van der Waals surface area (Å²) in [6.07, 6.45) is 1.74. The quantitative estimate of drug-likeness (QED) is 0.846. The molecule has 0 bridgehead atoms. The van der Waals surface area contributed by atoms with Crippen molar-refractivity contribution < 1.29 is 14.7 Å². The number of hydrogen-bond donors (Lipinski definition) is 2. The summed E-state index contributed by atoms with van der Waals surface area (Å²) in [7, 11) is 1.83. The van der Waals surface area contributed by atoms with Gasteiger partial charge in [-0.3, -0.25) is 9.48 Å². The molecule has 1 saturated carbocycles. The van der Waals surface area contributed by atoms with Gasteiger partial charge in [-0.15, -0.1) is 0 Å². The van der Waals surface area contributed by atoms with Crippen LogP contribution in [0.5, 0.6) is 0 Å². The van der Waals surface area contributed by atoms with Crippen LogP contribution in [0, 0.1) is 19.8 Å². The zero-order chi connectivity index (χ0) is 15.0. The highest BCUT2D eigenvalue weighted by Gasteiger charge is 2.38. The predicted molar refractivity (Wildman–Crippen MR) is 73.4 cm³/mol. The first-order valence-corrected chi connectivity index (χ1v) is 6.86. The first-order chi connectivity index (χ1) is 9.32. The number of hydrogen-bond acceptors (Lipinski definition) is 3. The van der Waals surface area contributed by atoms with Crippen LogP contribution in [-0.4, -0.2) is 32.8 Å². The van der Waals surface area contributed by atoms with Crippen LogP contribution >= 0.6 is 0 Å². The van der Waals surface area contributed by atoms with Gasteiger partial charge in [-0.05, 0) is 39.5 Å². The summed E-state index contributed by atoms with van der Waals surface area (Å²) >= 11 is 0. The Labute approximate surface area is 118 Å². The Morgan fingerprint density at radius 3 is 2.40 bits per heavy atom. The summed E-state index contributed by atoms with van der Waals surface area (Å²) in [5, 5.41) is 16.1. The van der Waals surface area contributed by atoms with Gasteiger partial charge in [-0.25, -0.2) is 4.79 Å². The van der Waals surface area contributed by atoms with E-state index >= 15 is 0 Å². The first-order valence-electron chi connectivity index (χ1n) is 6.86. The molecule has 20 heavy (non-hydrogen) atoms. The van der Waals surface area contributed by atoms with Crippen LogP contribution in [0.4, 0.5) is 0 Å². The maximum atomic E-state index is 12.3. The third-order valence-electron chi connectivity index (χ3n) is 4.05. The van der Waals surface area contributed by atoms with Crippen LogP contribution in [0.25, 0.3) is 0 Å². The highest BCUT2D eigenvalue weighted by molar-refractivity contribution is 5.88. The largest absolute Gasteiger partial charge is 0.480 e. The van der Waals surface area contributed by atoms with E-state index in [1.54, 1.807) is 11.6 Å². The summed E-state index contributed by atoms with van der Waals surface area (Å²) in [5.41, 5.74) is 2.62. The van der Waals surface area contributed by atoms with E-state index in [1.165, 1.54) is 0 Å². The molecule has 0 aliphatic heterocycles. The molecule has 1 fully saturated rings. The van der Waals surface area contributed by atoms with Crippen molar-refractivity contribution >= 4 is 11.9 Å². The molecule has 0 aromatic carbocycles. The molecule has 2 N–H and O–H groups in total. The lowest BCUT2D eigenvalue weighted by Crippen LogP contribution is -2.44. The molecular weight excluding hydrogens is 258 g/mol. The topological polar surface area (TPSA) is 84.2 Å². The third kappa shape index (κ3) is 2.69. The van der Waals surface area contributed by atoms with Gasteiger partial charge in [0.1, 0.15) is 6.04 Å². The molecule has 0 radical (unpaired) electrons. The molecule has 6 nitrogen and oxygen atoms in total. The van der Waals surface area contributed by atoms with Crippen molar-refractivity contribution in [2.24, 2.45) is 13.0 Å². The van der Waals surface area contributed by atoms with Gasteiger partial charge in [0, 0.05) is 18.3 Å². The second-order valence-electron chi connectivity index (χ2n) is 5.59. The van der Waals surface area contributed by atoms with Crippen molar-refractivity contribution in [2.45, 2.75) is 45.6 Å². The van der Waals surface area contributed by atoms with E-state index in [-0.39, 0.29) is 11.8 Å². The molecule has 1 aliphatic rings. The molecule has 1 aliphatic carbocycles. The standard InChI is InChI=1S/C14H21N3O3/c1-7(11-8(2)16-17(4)9(11)3)13(18)15-12(14(19)20)10-5-6-10/h7,10,12H,5-6H2,1-4H3,(H,15,18)(H,19,20). The van der Waals surface area contributed by atoms with Gasteiger partial charge < -0.3 is 10.4 Å². The number of aromatic nitrogens is 2. The normalized spacial score (nSPS) is 17.6. The Kier molecular flexibility index (Phi) is 3.83. The number of nitrogens with zero attached hydrogens (tertiary/aromatic N) is 2. The van der Waals surface area contributed by atoms with Crippen molar-refractivity contribution in [3.05, 3.63) is 17.0 Å². The van der Waals surface area contributed by atoms with Gasteiger partial charge in [0.05, 0.1) is 11.6 Å². The maximum Gasteiger partial charge on any atom is 0.326 e. The minimum absolute atomic E-state index is 0.0831. The second kappa shape index (κ2) is 5.26. The van der Waals surface area contributed by atoms with E-state index < -0.39 is 17.9 Å². The Bertz CT molecular complexity index is 546. The van der Waals surface area contributed by atoms with E-state index in [0.29, 0.717) is 0 Å². The Morgan fingerprint density at radius 1 is 1.40 bits per heavy atom. The van der Waals surface area contributed by atoms with Gasteiger partial charge in [0.25, 0.3) is 0 Å². The van der Waals surface area contributed by atoms with E-state index in [4.69, 9.17) is 5.11 Å². The zero-order valence-electron chi connectivity index (χ0n) is 12.3. The smallest absolute Gasteiger partial charge is 0.326 e. The SMILES string of the molecule is Cc1nn(C)c(C)c1C(C)C(=O)NC(C(=O)O)C1CC1. The molecule has 2 atom stereocenters. The van der Waals surface area contributed by atoms with Gasteiger partial charge in [-0.2, -0.15) is 5.10 Å². The summed E-state index contributed by atoms with van der Waals surface area (Å²) in [6, 6.07) is -0.762. The number of amides is 1. The number of nitrogens with one attached hydrogen (secondary N) is 1. The fourth-order valence-electron chi connectivity index (χ4n) is 2.64. The van der Waals surface area contributed by atoms with Gasteiger partial charge in [0.15, 0.2) is 0 Å². The van der Waals surface area contributed by atoms with E-state index in [0.717, 1.165) is 29.8 Å². The van der Waals surface area contributed by atoms with Crippen molar-refractivity contribution in [3.63, 3.8) is 0 Å². The molecule has 2 unspecified atom stereocenters. The molecular formula is C14H21N3O3. The molecule has 110 valence electrons. The van der Waals surface area contributed by atoms with Crippen molar-refractivity contribution in [1.29, 1.82) is 0 Å². The number of carbonyl (C=O) groups excluding carboxylic acids is 1. The van der Waals surface area contributed by atoms with Crippen molar-refractivity contribution in [1.82, 2.24) is 15.1 Å². The monoisotopic (exact) mass is 279 g/mol. The summed E-state index contributed by atoms with van der Waals surface area (Å²) in [4.78, 5) is 23.5. The molecule has 1 aromatic rings. The molecule has 2 rings (SSSR count). The molecule has 0 saturated heterocycles.